The summed E-state index contributed by atoms with van der Waals surface area (Å²) in [4.78, 5) is 7.59. The number of hydrogen-bond donors (Lipinski definition) is 1. The Bertz CT molecular complexity index is 478. The lowest BCUT2D eigenvalue weighted by atomic mass is 9.84. The summed E-state index contributed by atoms with van der Waals surface area (Å²) in [7, 11) is 0. The van der Waals surface area contributed by atoms with Crippen molar-refractivity contribution in [3.63, 3.8) is 0 Å². The van der Waals surface area contributed by atoms with Gasteiger partial charge in [0.25, 0.3) is 0 Å². The summed E-state index contributed by atoms with van der Waals surface area (Å²) in [6.07, 6.45) is 3.68. The fourth-order valence-corrected chi connectivity index (χ4v) is 2.36. The molecule has 1 aliphatic heterocycles. The van der Waals surface area contributed by atoms with Gasteiger partial charge in [-0.15, -0.1) is 0 Å². The maximum absolute atomic E-state index is 5.72. The lowest BCUT2D eigenvalue weighted by Crippen LogP contribution is -2.25. The van der Waals surface area contributed by atoms with Crippen LogP contribution in [0, 0.1) is 5.92 Å². The molecular formula is C13H14N2O. The van der Waals surface area contributed by atoms with E-state index in [1.807, 2.05) is 18.3 Å². The molecule has 0 saturated heterocycles. The van der Waals surface area contributed by atoms with E-state index in [0.29, 0.717) is 11.8 Å². The minimum atomic E-state index is 0.319. The first-order valence-corrected chi connectivity index (χ1v) is 5.57. The Kier molecular flexibility index (Phi) is 2.17. The van der Waals surface area contributed by atoms with E-state index in [9.17, 15) is 0 Å². The highest BCUT2D eigenvalue weighted by Crippen LogP contribution is 2.39. The number of hydrogen-bond acceptors (Lipinski definition) is 2. The number of aromatic nitrogens is 2. The van der Waals surface area contributed by atoms with Crippen LogP contribution in [0.4, 0.5) is 0 Å². The van der Waals surface area contributed by atoms with Gasteiger partial charge in [0.1, 0.15) is 11.6 Å². The van der Waals surface area contributed by atoms with Crippen molar-refractivity contribution in [2.75, 3.05) is 6.61 Å². The van der Waals surface area contributed by atoms with Crippen molar-refractivity contribution in [1.29, 1.82) is 0 Å². The number of nitrogens with zero attached hydrogens (tertiary/aromatic N) is 1. The Morgan fingerprint density at radius 3 is 3.06 bits per heavy atom. The molecule has 0 spiro atoms. The van der Waals surface area contributed by atoms with Crippen molar-refractivity contribution in [2.45, 2.75) is 12.8 Å². The summed E-state index contributed by atoms with van der Waals surface area (Å²) < 4.78 is 5.72. The van der Waals surface area contributed by atoms with E-state index in [4.69, 9.17) is 4.74 Å². The predicted molar refractivity (Wildman–Crippen MR) is 61.5 cm³/mol. The van der Waals surface area contributed by atoms with Crippen molar-refractivity contribution >= 4 is 0 Å². The van der Waals surface area contributed by atoms with E-state index in [-0.39, 0.29) is 0 Å². The second-order valence-corrected chi connectivity index (χ2v) is 4.28. The number of para-hydroxylation sites is 1. The summed E-state index contributed by atoms with van der Waals surface area (Å²) in [5, 5.41) is 0. The molecule has 2 atom stereocenters. The smallest absolute Gasteiger partial charge is 0.123 e. The Labute approximate surface area is 94.5 Å². The Morgan fingerprint density at radius 1 is 1.38 bits per heavy atom. The number of aromatic amines is 1. The molecule has 0 saturated carbocycles. The molecule has 16 heavy (non-hydrogen) atoms. The zero-order valence-corrected chi connectivity index (χ0v) is 9.18. The highest BCUT2D eigenvalue weighted by Gasteiger charge is 2.30. The number of imidazole rings is 1. The first-order valence-electron chi connectivity index (χ1n) is 5.57. The van der Waals surface area contributed by atoms with E-state index >= 15 is 0 Å². The van der Waals surface area contributed by atoms with E-state index in [1.54, 1.807) is 6.20 Å². The van der Waals surface area contributed by atoms with Crippen LogP contribution in [0.1, 0.15) is 24.2 Å². The van der Waals surface area contributed by atoms with Gasteiger partial charge in [-0.25, -0.2) is 4.98 Å². The third-order valence-electron chi connectivity index (χ3n) is 3.14. The largest absolute Gasteiger partial charge is 0.493 e. The fraction of sp³-hybridized carbons (Fsp3) is 0.308. The zero-order chi connectivity index (χ0) is 11.0. The van der Waals surface area contributed by atoms with E-state index in [2.05, 4.69) is 29.0 Å². The van der Waals surface area contributed by atoms with Crippen LogP contribution in [0.15, 0.2) is 36.7 Å². The van der Waals surface area contributed by atoms with Gasteiger partial charge in [-0.3, -0.25) is 0 Å². The third-order valence-corrected chi connectivity index (χ3v) is 3.14. The lowest BCUT2D eigenvalue weighted by molar-refractivity contribution is 0.215. The Hall–Kier alpha value is -1.77. The third kappa shape index (κ3) is 1.40. The number of ether oxygens (including phenoxy) is 1. The Morgan fingerprint density at radius 2 is 2.25 bits per heavy atom. The SMILES string of the molecule is C[C@@H]1COc2ccccc2C1c1ncc[nH]1. The molecule has 3 nitrogen and oxygen atoms in total. The standard InChI is InChI=1S/C13H14N2O/c1-9-8-16-11-5-3-2-4-10(11)12(9)13-14-6-7-15-13/h2-7,9,12H,8H2,1H3,(H,14,15)/t9-,12?/m1/s1. The molecule has 0 amide bonds. The second kappa shape index (κ2) is 3.67. The van der Waals surface area contributed by atoms with E-state index in [1.165, 1.54) is 5.56 Å². The van der Waals surface area contributed by atoms with E-state index < -0.39 is 0 Å². The molecule has 82 valence electrons. The summed E-state index contributed by atoms with van der Waals surface area (Å²) in [5.74, 6) is 2.78. The van der Waals surface area contributed by atoms with Crippen molar-refractivity contribution in [3.8, 4) is 5.75 Å². The van der Waals surface area contributed by atoms with Crippen LogP contribution >= 0.6 is 0 Å². The quantitative estimate of drug-likeness (QED) is 0.792. The van der Waals surface area contributed by atoms with Crippen molar-refractivity contribution in [3.05, 3.63) is 48.0 Å². The molecule has 3 rings (SSSR count). The maximum atomic E-state index is 5.72. The Balaban J connectivity index is 2.10. The summed E-state index contributed by atoms with van der Waals surface area (Å²) in [5.41, 5.74) is 1.23. The van der Waals surface area contributed by atoms with Gasteiger partial charge in [-0.2, -0.15) is 0 Å². The number of fused-ring (bicyclic) bond motifs is 1. The fourth-order valence-electron chi connectivity index (χ4n) is 2.36. The van der Waals surface area contributed by atoms with Gasteiger partial charge in [0, 0.05) is 23.9 Å². The van der Waals surface area contributed by atoms with Gasteiger partial charge in [0.05, 0.1) is 12.5 Å². The summed E-state index contributed by atoms with van der Waals surface area (Å²) in [6, 6.07) is 8.21. The van der Waals surface area contributed by atoms with E-state index in [0.717, 1.165) is 18.2 Å². The van der Waals surface area contributed by atoms with Crippen molar-refractivity contribution in [1.82, 2.24) is 9.97 Å². The maximum Gasteiger partial charge on any atom is 0.123 e. The van der Waals surface area contributed by atoms with Crippen LogP contribution < -0.4 is 4.74 Å². The molecule has 0 fully saturated rings. The van der Waals surface area contributed by atoms with Crippen LogP contribution in [-0.2, 0) is 0 Å². The first kappa shape index (κ1) is 9.46. The topological polar surface area (TPSA) is 37.9 Å². The van der Waals surface area contributed by atoms with Crippen LogP contribution in [0.2, 0.25) is 0 Å². The number of H-pyrrole nitrogens is 1. The molecule has 0 aliphatic carbocycles. The number of nitrogens with one attached hydrogen (secondary N) is 1. The normalized spacial score (nSPS) is 23.6. The number of benzene rings is 1. The monoisotopic (exact) mass is 214 g/mol. The average molecular weight is 214 g/mol. The first-order chi connectivity index (χ1) is 7.86. The van der Waals surface area contributed by atoms with Crippen LogP contribution in [0.3, 0.4) is 0 Å². The van der Waals surface area contributed by atoms with Gasteiger partial charge in [0.15, 0.2) is 0 Å². The molecule has 0 bridgehead atoms. The second-order valence-electron chi connectivity index (χ2n) is 4.28. The lowest BCUT2D eigenvalue weighted by Gasteiger charge is -2.30. The predicted octanol–water partition coefficient (Wildman–Crippen LogP) is 2.57. The van der Waals surface area contributed by atoms with Crippen molar-refractivity contribution in [2.24, 2.45) is 5.92 Å². The van der Waals surface area contributed by atoms with Crippen LogP contribution in [0.5, 0.6) is 5.75 Å². The molecule has 1 aromatic heterocycles. The minimum absolute atomic E-state index is 0.319. The highest BCUT2D eigenvalue weighted by molar-refractivity contribution is 5.41. The molecule has 1 aliphatic rings. The molecule has 2 heterocycles. The highest BCUT2D eigenvalue weighted by atomic mass is 16.5. The molecule has 1 unspecified atom stereocenters. The van der Waals surface area contributed by atoms with Gasteiger partial charge in [0.2, 0.25) is 0 Å². The molecule has 3 heteroatoms. The van der Waals surface area contributed by atoms with Gasteiger partial charge in [-0.05, 0) is 6.07 Å². The molecule has 0 radical (unpaired) electrons. The summed E-state index contributed by atoms with van der Waals surface area (Å²) >= 11 is 0. The van der Waals surface area contributed by atoms with Crippen molar-refractivity contribution < 1.29 is 4.74 Å². The van der Waals surface area contributed by atoms with Gasteiger partial charge >= 0.3 is 0 Å². The molecule has 1 aromatic carbocycles. The summed E-state index contributed by atoms with van der Waals surface area (Å²) in [6.45, 7) is 2.95. The molecular weight excluding hydrogens is 200 g/mol. The minimum Gasteiger partial charge on any atom is -0.493 e. The average Bonchev–Trinajstić information content (AvgIpc) is 2.82. The van der Waals surface area contributed by atoms with Crippen LogP contribution in [-0.4, -0.2) is 16.6 Å². The molecule has 2 aromatic rings. The number of rotatable bonds is 1. The van der Waals surface area contributed by atoms with Gasteiger partial charge in [-0.1, -0.05) is 25.1 Å². The van der Waals surface area contributed by atoms with Gasteiger partial charge < -0.3 is 9.72 Å². The molecule has 1 N–H and O–H groups in total. The zero-order valence-electron chi connectivity index (χ0n) is 9.18. The van der Waals surface area contributed by atoms with Crippen LogP contribution in [0.25, 0.3) is 0 Å².